The lowest BCUT2D eigenvalue weighted by atomic mass is 10.4. The van der Waals surface area contributed by atoms with Crippen molar-refractivity contribution in [3.8, 4) is 0 Å². The van der Waals surface area contributed by atoms with Gasteiger partial charge in [-0.1, -0.05) is 0 Å². The molecule has 0 aliphatic heterocycles. The first kappa shape index (κ1) is 11.2. The van der Waals surface area contributed by atoms with Gasteiger partial charge < -0.3 is 14.6 Å². The van der Waals surface area contributed by atoms with Crippen LogP contribution < -0.4 is 5.32 Å². The molecular formula is C10H19N3O. The fourth-order valence-electron chi connectivity index (χ4n) is 1.44. The van der Waals surface area contributed by atoms with E-state index in [1.165, 1.54) is 5.69 Å². The summed E-state index contributed by atoms with van der Waals surface area (Å²) >= 11 is 0. The molecule has 0 bridgehead atoms. The highest BCUT2D eigenvalue weighted by molar-refractivity contribution is 5.04. The Balaban J connectivity index is 2.57. The van der Waals surface area contributed by atoms with E-state index in [2.05, 4.69) is 14.9 Å². The first-order valence-electron chi connectivity index (χ1n) is 5.03. The first-order valence-corrected chi connectivity index (χ1v) is 5.03. The number of imidazole rings is 1. The minimum Gasteiger partial charge on any atom is -0.380 e. The van der Waals surface area contributed by atoms with Gasteiger partial charge in [-0.15, -0.1) is 0 Å². The van der Waals surface area contributed by atoms with Gasteiger partial charge in [0.15, 0.2) is 0 Å². The summed E-state index contributed by atoms with van der Waals surface area (Å²) in [6.45, 7) is 7.30. The monoisotopic (exact) mass is 197 g/mol. The SMILES string of the molecule is CCOCCn1c(CNC)cnc1C. The van der Waals surface area contributed by atoms with E-state index in [0.717, 1.165) is 32.1 Å². The average Bonchev–Trinajstić information content (AvgIpc) is 2.50. The van der Waals surface area contributed by atoms with Crippen molar-refractivity contribution in [1.29, 1.82) is 0 Å². The van der Waals surface area contributed by atoms with Crippen LogP contribution >= 0.6 is 0 Å². The highest BCUT2D eigenvalue weighted by atomic mass is 16.5. The van der Waals surface area contributed by atoms with Gasteiger partial charge in [0, 0.05) is 25.9 Å². The van der Waals surface area contributed by atoms with Crippen molar-refractivity contribution in [2.45, 2.75) is 26.9 Å². The van der Waals surface area contributed by atoms with Crippen LogP contribution in [0.25, 0.3) is 0 Å². The van der Waals surface area contributed by atoms with E-state index in [9.17, 15) is 0 Å². The lowest BCUT2D eigenvalue weighted by Crippen LogP contribution is -2.14. The van der Waals surface area contributed by atoms with Crippen LogP contribution in [0.4, 0.5) is 0 Å². The van der Waals surface area contributed by atoms with Crippen LogP contribution in [0.2, 0.25) is 0 Å². The fourth-order valence-corrected chi connectivity index (χ4v) is 1.44. The van der Waals surface area contributed by atoms with E-state index in [4.69, 9.17) is 4.74 Å². The maximum Gasteiger partial charge on any atom is 0.105 e. The van der Waals surface area contributed by atoms with E-state index in [1.807, 2.05) is 27.1 Å². The molecule has 1 N–H and O–H groups in total. The van der Waals surface area contributed by atoms with Crippen molar-refractivity contribution in [1.82, 2.24) is 14.9 Å². The largest absolute Gasteiger partial charge is 0.380 e. The normalized spacial score (nSPS) is 10.8. The fraction of sp³-hybridized carbons (Fsp3) is 0.700. The molecule has 80 valence electrons. The highest BCUT2D eigenvalue weighted by Crippen LogP contribution is 2.04. The molecule has 0 atom stereocenters. The molecule has 0 aliphatic rings. The molecule has 0 radical (unpaired) electrons. The molecule has 0 aliphatic carbocycles. The molecular weight excluding hydrogens is 178 g/mol. The molecule has 1 aromatic heterocycles. The lowest BCUT2D eigenvalue weighted by Gasteiger charge is -2.09. The van der Waals surface area contributed by atoms with Gasteiger partial charge in [0.25, 0.3) is 0 Å². The Labute approximate surface area is 85.3 Å². The van der Waals surface area contributed by atoms with E-state index in [-0.39, 0.29) is 0 Å². The zero-order chi connectivity index (χ0) is 10.4. The van der Waals surface area contributed by atoms with Crippen molar-refractivity contribution in [2.75, 3.05) is 20.3 Å². The third kappa shape index (κ3) is 2.82. The van der Waals surface area contributed by atoms with Gasteiger partial charge in [-0.25, -0.2) is 4.98 Å². The van der Waals surface area contributed by atoms with E-state index in [0.29, 0.717) is 0 Å². The zero-order valence-corrected chi connectivity index (χ0v) is 9.21. The van der Waals surface area contributed by atoms with Crippen LogP contribution in [-0.4, -0.2) is 29.8 Å². The van der Waals surface area contributed by atoms with Crippen LogP contribution in [0.1, 0.15) is 18.4 Å². The van der Waals surface area contributed by atoms with Crippen molar-refractivity contribution in [3.63, 3.8) is 0 Å². The summed E-state index contributed by atoms with van der Waals surface area (Å²) in [4.78, 5) is 4.28. The molecule has 1 aromatic rings. The zero-order valence-electron chi connectivity index (χ0n) is 9.21. The van der Waals surface area contributed by atoms with E-state index in [1.54, 1.807) is 0 Å². The Morgan fingerprint density at radius 1 is 1.57 bits per heavy atom. The topological polar surface area (TPSA) is 39.1 Å². The van der Waals surface area contributed by atoms with Crippen LogP contribution in [0, 0.1) is 6.92 Å². The van der Waals surface area contributed by atoms with Gasteiger partial charge in [-0.2, -0.15) is 0 Å². The van der Waals surface area contributed by atoms with Crippen LogP contribution in [0.5, 0.6) is 0 Å². The predicted molar refractivity (Wildman–Crippen MR) is 56.2 cm³/mol. The van der Waals surface area contributed by atoms with Gasteiger partial charge in [0.05, 0.1) is 12.3 Å². The lowest BCUT2D eigenvalue weighted by molar-refractivity contribution is 0.138. The Kier molecular flexibility index (Phi) is 4.62. The number of aryl methyl sites for hydroxylation is 1. The Bertz CT molecular complexity index is 270. The quantitative estimate of drug-likeness (QED) is 0.690. The maximum absolute atomic E-state index is 5.33. The second-order valence-electron chi connectivity index (χ2n) is 3.18. The number of hydrogen-bond donors (Lipinski definition) is 1. The second kappa shape index (κ2) is 5.78. The van der Waals surface area contributed by atoms with Gasteiger partial charge >= 0.3 is 0 Å². The van der Waals surface area contributed by atoms with E-state index < -0.39 is 0 Å². The molecule has 0 amide bonds. The molecule has 0 fully saturated rings. The summed E-state index contributed by atoms with van der Waals surface area (Å²) in [5.41, 5.74) is 1.21. The number of hydrogen-bond acceptors (Lipinski definition) is 3. The van der Waals surface area contributed by atoms with Crippen LogP contribution in [0.15, 0.2) is 6.20 Å². The minimum absolute atomic E-state index is 0.754. The second-order valence-corrected chi connectivity index (χ2v) is 3.18. The smallest absolute Gasteiger partial charge is 0.105 e. The van der Waals surface area contributed by atoms with Gasteiger partial charge in [0.2, 0.25) is 0 Å². The first-order chi connectivity index (χ1) is 6.79. The summed E-state index contributed by atoms with van der Waals surface area (Å²) in [6, 6.07) is 0. The molecule has 4 heteroatoms. The Hall–Kier alpha value is -0.870. The van der Waals surface area contributed by atoms with Gasteiger partial charge in [-0.3, -0.25) is 0 Å². The van der Waals surface area contributed by atoms with Crippen molar-refractivity contribution >= 4 is 0 Å². The average molecular weight is 197 g/mol. The van der Waals surface area contributed by atoms with E-state index >= 15 is 0 Å². The van der Waals surface area contributed by atoms with Crippen molar-refractivity contribution in [3.05, 3.63) is 17.7 Å². The van der Waals surface area contributed by atoms with Crippen LogP contribution in [0.3, 0.4) is 0 Å². The molecule has 1 rings (SSSR count). The summed E-state index contributed by atoms with van der Waals surface area (Å²) < 4.78 is 7.51. The minimum atomic E-state index is 0.754. The molecule has 14 heavy (non-hydrogen) atoms. The third-order valence-corrected chi connectivity index (χ3v) is 2.16. The summed E-state index contributed by atoms with van der Waals surface area (Å²) in [7, 11) is 1.94. The molecule has 0 aromatic carbocycles. The van der Waals surface area contributed by atoms with Crippen LogP contribution in [-0.2, 0) is 17.8 Å². The number of nitrogens with zero attached hydrogens (tertiary/aromatic N) is 2. The summed E-state index contributed by atoms with van der Waals surface area (Å²) in [5.74, 6) is 1.05. The number of nitrogens with one attached hydrogen (secondary N) is 1. The molecule has 1 heterocycles. The number of ether oxygens (including phenoxy) is 1. The Morgan fingerprint density at radius 3 is 3.00 bits per heavy atom. The number of rotatable bonds is 6. The standard InChI is InChI=1S/C10H19N3O/c1-4-14-6-5-13-9(2)12-8-10(13)7-11-3/h8,11H,4-7H2,1-3H3. The molecule has 0 saturated heterocycles. The summed E-state index contributed by atoms with van der Waals surface area (Å²) in [6.07, 6.45) is 1.91. The number of aromatic nitrogens is 2. The van der Waals surface area contributed by atoms with Gasteiger partial charge in [0.1, 0.15) is 5.82 Å². The molecule has 0 spiro atoms. The van der Waals surface area contributed by atoms with Crippen molar-refractivity contribution in [2.24, 2.45) is 0 Å². The predicted octanol–water partition coefficient (Wildman–Crippen LogP) is 0.947. The molecule has 4 nitrogen and oxygen atoms in total. The highest BCUT2D eigenvalue weighted by Gasteiger charge is 2.04. The van der Waals surface area contributed by atoms with Crippen molar-refractivity contribution < 1.29 is 4.74 Å². The summed E-state index contributed by atoms with van der Waals surface area (Å²) in [5, 5.41) is 3.13. The Morgan fingerprint density at radius 2 is 2.36 bits per heavy atom. The maximum atomic E-state index is 5.33. The molecule has 0 unspecified atom stereocenters. The molecule has 0 saturated carbocycles. The van der Waals surface area contributed by atoms with Gasteiger partial charge in [-0.05, 0) is 20.9 Å². The third-order valence-electron chi connectivity index (χ3n) is 2.16.